The first-order valence-corrected chi connectivity index (χ1v) is 6.26. The third kappa shape index (κ3) is 3.91. The molecule has 0 aliphatic heterocycles. The van der Waals surface area contributed by atoms with Gasteiger partial charge in [-0.25, -0.2) is 0 Å². The Kier molecular flexibility index (Phi) is 5.42. The van der Waals surface area contributed by atoms with Gasteiger partial charge < -0.3 is 15.0 Å². The maximum atomic E-state index is 12.0. The van der Waals surface area contributed by atoms with Crippen molar-refractivity contribution >= 4 is 11.9 Å². The molecule has 0 saturated heterocycles. The Bertz CT molecular complexity index is 412. The zero-order valence-corrected chi connectivity index (χ0v) is 10.8. The summed E-state index contributed by atoms with van der Waals surface area (Å²) in [4.78, 5) is 22.7. The number of carbonyl (C=O) groups is 2. The lowest BCUT2D eigenvalue weighted by atomic mass is 10.1. The van der Waals surface area contributed by atoms with E-state index in [4.69, 9.17) is 5.11 Å². The van der Waals surface area contributed by atoms with Gasteiger partial charge in [-0.3, -0.25) is 9.59 Å². The van der Waals surface area contributed by atoms with Gasteiger partial charge in [0.15, 0.2) is 0 Å². The van der Waals surface area contributed by atoms with Crippen LogP contribution in [0.5, 0.6) is 0 Å². The molecule has 100 valence electrons. The van der Waals surface area contributed by atoms with Gasteiger partial charge in [-0.05, 0) is 25.0 Å². The van der Waals surface area contributed by atoms with Crippen LogP contribution < -0.4 is 5.32 Å². The molecule has 0 aromatic carbocycles. The van der Waals surface area contributed by atoms with Crippen molar-refractivity contribution in [1.29, 1.82) is 0 Å². The summed E-state index contributed by atoms with van der Waals surface area (Å²) in [5.74, 6) is -1.10. The second-order valence-corrected chi connectivity index (χ2v) is 4.26. The fourth-order valence-corrected chi connectivity index (χ4v) is 1.82. The monoisotopic (exact) mass is 252 g/mol. The Hall–Kier alpha value is -1.78. The van der Waals surface area contributed by atoms with Crippen molar-refractivity contribution in [2.24, 2.45) is 0 Å². The molecule has 1 unspecified atom stereocenters. The Morgan fingerprint density at radius 2 is 2.17 bits per heavy atom. The third-order valence-corrected chi connectivity index (χ3v) is 2.78. The number of carbonyl (C=O) groups excluding carboxylic acids is 1. The van der Waals surface area contributed by atoms with Crippen LogP contribution in [0.3, 0.4) is 0 Å². The number of aliphatic carboxylic acids is 1. The van der Waals surface area contributed by atoms with Gasteiger partial charge >= 0.3 is 5.97 Å². The van der Waals surface area contributed by atoms with Crippen molar-refractivity contribution in [2.45, 2.75) is 45.7 Å². The second kappa shape index (κ2) is 6.83. The van der Waals surface area contributed by atoms with Crippen LogP contribution in [0.1, 0.15) is 43.6 Å². The van der Waals surface area contributed by atoms with Crippen LogP contribution in [0.15, 0.2) is 18.3 Å². The lowest BCUT2D eigenvalue weighted by Crippen LogP contribution is -2.37. The van der Waals surface area contributed by atoms with E-state index in [-0.39, 0.29) is 18.4 Å². The van der Waals surface area contributed by atoms with Gasteiger partial charge in [-0.1, -0.05) is 13.8 Å². The number of rotatable bonds is 7. The lowest BCUT2D eigenvalue weighted by molar-refractivity contribution is -0.137. The number of hydrogen-bond donors (Lipinski definition) is 2. The minimum Gasteiger partial charge on any atom is -0.481 e. The number of aryl methyl sites for hydroxylation is 1. The molecular formula is C13H20N2O3. The van der Waals surface area contributed by atoms with Crippen LogP contribution in [0.4, 0.5) is 0 Å². The number of amides is 1. The fourth-order valence-electron chi connectivity index (χ4n) is 1.82. The van der Waals surface area contributed by atoms with Gasteiger partial charge in [0.1, 0.15) is 5.69 Å². The molecule has 5 nitrogen and oxygen atoms in total. The predicted octanol–water partition coefficient (Wildman–Crippen LogP) is 1.88. The van der Waals surface area contributed by atoms with E-state index in [1.54, 1.807) is 6.07 Å². The molecule has 1 aromatic rings. The SMILES string of the molecule is CCCn1cccc1C(=O)NC(CC)CC(=O)O. The first-order chi connectivity index (χ1) is 8.58. The topological polar surface area (TPSA) is 71.3 Å². The summed E-state index contributed by atoms with van der Waals surface area (Å²) in [6, 6.07) is 3.25. The van der Waals surface area contributed by atoms with E-state index in [2.05, 4.69) is 5.32 Å². The Balaban J connectivity index is 2.68. The van der Waals surface area contributed by atoms with E-state index in [1.165, 1.54) is 0 Å². The summed E-state index contributed by atoms with van der Waals surface area (Å²) in [6.07, 6.45) is 3.36. The number of nitrogens with one attached hydrogen (secondary N) is 1. The Morgan fingerprint density at radius 3 is 2.72 bits per heavy atom. The Morgan fingerprint density at radius 1 is 1.44 bits per heavy atom. The van der Waals surface area contributed by atoms with Crippen molar-refractivity contribution in [1.82, 2.24) is 9.88 Å². The normalized spacial score (nSPS) is 12.1. The first kappa shape index (κ1) is 14.3. The third-order valence-electron chi connectivity index (χ3n) is 2.78. The average Bonchev–Trinajstić information content (AvgIpc) is 2.76. The molecule has 0 aliphatic rings. The number of carboxylic acids is 1. The summed E-state index contributed by atoms with van der Waals surface area (Å²) in [6.45, 7) is 4.69. The molecule has 0 fully saturated rings. The molecule has 2 N–H and O–H groups in total. The van der Waals surface area contributed by atoms with Crippen LogP contribution in [-0.2, 0) is 11.3 Å². The average molecular weight is 252 g/mol. The van der Waals surface area contributed by atoms with Gasteiger partial charge in [0.05, 0.1) is 6.42 Å². The maximum absolute atomic E-state index is 12.0. The van der Waals surface area contributed by atoms with Crippen molar-refractivity contribution in [3.05, 3.63) is 24.0 Å². The molecule has 0 saturated carbocycles. The molecular weight excluding hydrogens is 232 g/mol. The Labute approximate surface area is 107 Å². The molecule has 1 aromatic heterocycles. The largest absolute Gasteiger partial charge is 0.481 e. The van der Waals surface area contributed by atoms with Crippen LogP contribution in [0, 0.1) is 0 Å². The minimum atomic E-state index is -0.897. The molecule has 1 atom stereocenters. The zero-order chi connectivity index (χ0) is 13.5. The van der Waals surface area contributed by atoms with E-state index >= 15 is 0 Å². The van der Waals surface area contributed by atoms with Gasteiger partial charge in [0.25, 0.3) is 5.91 Å². The molecule has 1 amide bonds. The zero-order valence-electron chi connectivity index (χ0n) is 10.8. The van der Waals surface area contributed by atoms with E-state index in [0.29, 0.717) is 12.1 Å². The number of carboxylic acid groups (broad SMARTS) is 1. The molecule has 0 aliphatic carbocycles. The summed E-state index contributed by atoms with van der Waals surface area (Å²) in [5.41, 5.74) is 0.584. The molecule has 0 radical (unpaired) electrons. The number of nitrogens with zero attached hydrogens (tertiary/aromatic N) is 1. The number of aromatic nitrogens is 1. The van der Waals surface area contributed by atoms with Crippen molar-refractivity contribution < 1.29 is 14.7 Å². The molecule has 1 rings (SSSR count). The van der Waals surface area contributed by atoms with Crippen LogP contribution >= 0.6 is 0 Å². The highest BCUT2D eigenvalue weighted by molar-refractivity contribution is 5.93. The quantitative estimate of drug-likeness (QED) is 0.778. The van der Waals surface area contributed by atoms with E-state index in [9.17, 15) is 9.59 Å². The predicted molar refractivity (Wildman–Crippen MR) is 68.5 cm³/mol. The molecule has 18 heavy (non-hydrogen) atoms. The second-order valence-electron chi connectivity index (χ2n) is 4.26. The highest BCUT2D eigenvalue weighted by atomic mass is 16.4. The van der Waals surface area contributed by atoms with E-state index < -0.39 is 5.97 Å². The van der Waals surface area contributed by atoms with E-state index in [1.807, 2.05) is 30.7 Å². The van der Waals surface area contributed by atoms with Gasteiger partial charge in [0.2, 0.25) is 0 Å². The fraction of sp³-hybridized carbons (Fsp3) is 0.538. The van der Waals surface area contributed by atoms with Crippen LogP contribution in [0.2, 0.25) is 0 Å². The first-order valence-electron chi connectivity index (χ1n) is 6.26. The summed E-state index contributed by atoms with van der Waals surface area (Å²) >= 11 is 0. The smallest absolute Gasteiger partial charge is 0.305 e. The molecule has 0 spiro atoms. The summed E-state index contributed by atoms with van der Waals surface area (Å²) in [7, 11) is 0. The van der Waals surface area contributed by atoms with Gasteiger partial charge in [0, 0.05) is 18.8 Å². The lowest BCUT2D eigenvalue weighted by Gasteiger charge is -2.15. The van der Waals surface area contributed by atoms with E-state index in [0.717, 1.165) is 13.0 Å². The standard InChI is InChI=1S/C13H20N2O3/c1-3-7-15-8-5-6-11(15)13(18)14-10(4-2)9-12(16)17/h5-6,8,10H,3-4,7,9H2,1-2H3,(H,14,18)(H,16,17). The summed E-state index contributed by atoms with van der Waals surface area (Å²) < 4.78 is 1.88. The minimum absolute atomic E-state index is 0.0449. The number of hydrogen-bond acceptors (Lipinski definition) is 2. The van der Waals surface area contributed by atoms with Crippen LogP contribution in [0.25, 0.3) is 0 Å². The maximum Gasteiger partial charge on any atom is 0.305 e. The highest BCUT2D eigenvalue weighted by Crippen LogP contribution is 2.06. The van der Waals surface area contributed by atoms with Gasteiger partial charge in [-0.2, -0.15) is 0 Å². The van der Waals surface area contributed by atoms with Crippen molar-refractivity contribution in [3.63, 3.8) is 0 Å². The molecule has 0 bridgehead atoms. The molecule has 1 heterocycles. The van der Waals surface area contributed by atoms with Crippen molar-refractivity contribution in [2.75, 3.05) is 0 Å². The van der Waals surface area contributed by atoms with Crippen LogP contribution in [-0.4, -0.2) is 27.6 Å². The van der Waals surface area contributed by atoms with Crippen molar-refractivity contribution in [3.8, 4) is 0 Å². The summed E-state index contributed by atoms with van der Waals surface area (Å²) in [5, 5.41) is 11.5. The molecule has 5 heteroatoms. The highest BCUT2D eigenvalue weighted by Gasteiger charge is 2.17. The van der Waals surface area contributed by atoms with Gasteiger partial charge in [-0.15, -0.1) is 0 Å².